The monoisotopic (exact) mass is 381 g/mol. The van der Waals surface area contributed by atoms with E-state index in [0.717, 1.165) is 10.4 Å². The van der Waals surface area contributed by atoms with Crippen LogP contribution in [0.25, 0.3) is 0 Å². The van der Waals surface area contributed by atoms with Gasteiger partial charge in [-0.2, -0.15) is 0 Å². The Hall–Kier alpha value is -1.96. The number of nitrogens with one attached hydrogen (secondary N) is 1. The van der Waals surface area contributed by atoms with Crippen LogP contribution in [0.4, 0.5) is 5.13 Å². The molecule has 6 nitrogen and oxygen atoms in total. The lowest BCUT2D eigenvalue weighted by molar-refractivity contribution is 0.102. The van der Waals surface area contributed by atoms with Crippen LogP contribution in [0.3, 0.4) is 0 Å². The van der Waals surface area contributed by atoms with E-state index < -0.39 is 0 Å². The lowest BCUT2D eigenvalue weighted by atomic mass is 10.2. The molecule has 0 saturated carbocycles. The highest BCUT2D eigenvalue weighted by atomic mass is 35.5. The molecule has 0 spiro atoms. The fourth-order valence-corrected chi connectivity index (χ4v) is 3.08. The van der Waals surface area contributed by atoms with Gasteiger partial charge in [0.2, 0.25) is 0 Å². The molecule has 2 aromatic heterocycles. The van der Waals surface area contributed by atoms with Gasteiger partial charge in [-0.1, -0.05) is 34.5 Å². The van der Waals surface area contributed by atoms with Gasteiger partial charge < -0.3 is 0 Å². The lowest BCUT2D eigenvalue weighted by Gasteiger charge is -2.05. The smallest absolute Gasteiger partial charge is 0.279 e. The van der Waals surface area contributed by atoms with Crippen LogP contribution < -0.4 is 5.32 Å². The van der Waals surface area contributed by atoms with Gasteiger partial charge >= 0.3 is 0 Å². The second kappa shape index (κ2) is 6.88. The van der Waals surface area contributed by atoms with Crippen molar-refractivity contribution in [1.82, 2.24) is 20.0 Å². The number of halogens is 2. The van der Waals surface area contributed by atoms with Gasteiger partial charge in [0.05, 0.1) is 22.3 Å². The van der Waals surface area contributed by atoms with Gasteiger partial charge in [0.25, 0.3) is 5.91 Å². The van der Waals surface area contributed by atoms with E-state index in [0.29, 0.717) is 27.4 Å². The molecule has 1 aromatic carbocycles. The number of carbonyl (C=O) groups is 1. The van der Waals surface area contributed by atoms with Crippen molar-refractivity contribution in [3.63, 3.8) is 0 Å². The summed E-state index contributed by atoms with van der Waals surface area (Å²) in [4.78, 5) is 17.4. The van der Waals surface area contributed by atoms with Crippen molar-refractivity contribution in [1.29, 1.82) is 0 Å². The number of amides is 1. The fraction of sp³-hybridized carbons (Fsp3) is 0.200. The Morgan fingerprint density at radius 2 is 2.08 bits per heavy atom. The van der Waals surface area contributed by atoms with E-state index in [1.54, 1.807) is 29.9 Å². The average molecular weight is 382 g/mol. The fourth-order valence-electron chi connectivity index (χ4n) is 2.10. The Bertz CT molecular complexity index is 905. The third-order valence-electron chi connectivity index (χ3n) is 3.36. The van der Waals surface area contributed by atoms with Crippen LogP contribution in [0.5, 0.6) is 0 Å². The number of anilines is 1. The van der Waals surface area contributed by atoms with Crippen molar-refractivity contribution in [2.24, 2.45) is 0 Å². The highest BCUT2D eigenvalue weighted by Gasteiger charge is 2.18. The third-order valence-corrected chi connectivity index (χ3v) is 4.92. The zero-order valence-electron chi connectivity index (χ0n) is 12.9. The number of carbonyl (C=O) groups excluding carboxylic acids is 1. The van der Waals surface area contributed by atoms with E-state index >= 15 is 0 Å². The summed E-state index contributed by atoms with van der Waals surface area (Å²) in [7, 11) is 0. The molecule has 0 aliphatic heterocycles. The van der Waals surface area contributed by atoms with Gasteiger partial charge in [0, 0.05) is 11.1 Å². The van der Waals surface area contributed by atoms with E-state index in [-0.39, 0.29) is 11.6 Å². The molecular formula is C15H13Cl2N5OS. The van der Waals surface area contributed by atoms with Crippen molar-refractivity contribution < 1.29 is 4.79 Å². The number of rotatable bonds is 4. The van der Waals surface area contributed by atoms with Crippen molar-refractivity contribution in [3.05, 3.63) is 56.3 Å². The molecule has 9 heteroatoms. The topological polar surface area (TPSA) is 72.7 Å². The Morgan fingerprint density at radius 3 is 2.75 bits per heavy atom. The van der Waals surface area contributed by atoms with E-state index in [1.807, 2.05) is 13.0 Å². The molecule has 0 saturated heterocycles. The number of thiazole rings is 1. The van der Waals surface area contributed by atoms with E-state index in [4.69, 9.17) is 23.2 Å². The van der Waals surface area contributed by atoms with E-state index in [2.05, 4.69) is 20.6 Å². The van der Waals surface area contributed by atoms with Crippen LogP contribution in [0.15, 0.2) is 24.4 Å². The number of aromatic nitrogens is 4. The van der Waals surface area contributed by atoms with Crippen molar-refractivity contribution in [2.75, 3.05) is 5.32 Å². The maximum Gasteiger partial charge on any atom is 0.279 e. The summed E-state index contributed by atoms with van der Waals surface area (Å²) in [6, 6.07) is 5.35. The Labute approximate surface area is 152 Å². The normalized spacial score (nSPS) is 10.8. The first-order chi connectivity index (χ1) is 11.4. The number of hydrogen-bond donors (Lipinski definition) is 1. The summed E-state index contributed by atoms with van der Waals surface area (Å²) in [5.41, 5.74) is 1.84. The van der Waals surface area contributed by atoms with Gasteiger partial charge in [0.15, 0.2) is 10.8 Å². The molecule has 1 N–H and O–H groups in total. The number of benzene rings is 1. The molecule has 2 heterocycles. The molecule has 1 amide bonds. The summed E-state index contributed by atoms with van der Waals surface area (Å²) >= 11 is 13.3. The Morgan fingerprint density at radius 1 is 1.29 bits per heavy atom. The van der Waals surface area contributed by atoms with Crippen LogP contribution in [0.1, 0.15) is 26.6 Å². The number of aryl methyl sites for hydroxylation is 1. The highest BCUT2D eigenvalue weighted by Crippen LogP contribution is 2.23. The van der Waals surface area contributed by atoms with Gasteiger partial charge in [-0.15, -0.1) is 16.4 Å². The second-order valence-electron chi connectivity index (χ2n) is 5.16. The SMILES string of the molecule is Cc1cnc(NC(=O)c2nnn(Cc3ccc(Cl)c(Cl)c3)c2C)s1. The molecule has 124 valence electrons. The molecular weight excluding hydrogens is 369 g/mol. The van der Waals surface area contributed by atoms with E-state index in [1.165, 1.54) is 11.3 Å². The average Bonchev–Trinajstić information content (AvgIpc) is 3.10. The molecule has 3 rings (SSSR count). The zero-order chi connectivity index (χ0) is 17.3. The molecule has 0 aliphatic rings. The molecule has 0 fully saturated rings. The maximum absolute atomic E-state index is 12.3. The first-order valence-corrected chi connectivity index (χ1v) is 8.59. The minimum Gasteiger partial charge on any atom is -0.296 e. The van der Waals surface area contributed by atoms with Crippen LogP contribution in [-0.4, -0.2) is 25.9 Å². The maximum atomic E-state index is 12.3. The summed E-state index contributed by atoms with van der Waals surface area (Å²) in [6.07, 6.45) is 1.70. The van der Waals surface area contributed by atoms with Gasteiger partial charge in [-0.05, 0) is 31.5 Å². The summed E-state index contributed by atoms with van der Waals surface area (Å²) < 4.78 is 1.64. The molecule has 24 heavy (non-hydrogen) atoms. The number of hydrogen-bond acceptors (Lipinski definition) is 5. The Balaban J connectivity index is 1.77. The van der Waals surface area contributed by atoms with Crippen LogP contribution in [-0.2, 0) is 6.54 Å². The van der Waals surface area contributed by atoms with E-state index in [9.17, 15) is 4.79 Å². The van der Waals surface area contributed by atoms with Crippen molar-refractivity contribution >= 4 is 45.6 Å². The molecule has 0 bridgehead atoms. The minimum atomic E-state index is -0.331. The molecule has 0 atom stereocenters. The quantitative estimate of drug-likeness (QED) is 0.742. The molecule has 0 unspecified atom stereocenters. The van der Waals surface area contributed by atoms with Crippen LogP contribution in [0, 0.1) is 13.8 Å². The van der Waals surface area contributed by atoms with Gasteiger partial charge in [-0.25, -0.2) is 9.67 Å². The predicted molar refractivity (Wildman–Crippen MR) is 95.1 cm³/mol. The third kappa shape index (κ3) is 3.58. The first-order valence-electron chi connectivity index (χ1n) is 7.02. The highest BCUT2D eigenvalue weighted by molar-refractivity contribution is 7.15. The summed E-state index contributed by atoms with van der Waals surface area (Å²) in [5.74, 6) is -0.331. The lowest BCUT2D eigenvalue weighted by Crippen LogP contribution is -2.14. The van der Waals surface area contributed by atoms with Gasteiger partial charge in [0.1, 0.15) is 0 Å². The van der Waals surface area contributed by atoms with Gasteiger partial charge in [-0.3, -0.25) is 10.1 Å². The second-order valence-corrected chi connectivity index (χ2v) is 7.21. The zero-order valence-corrected chi connectivity index (χ0v) is 15.2. The Kier molecular flexibility index (Phi) is 4.84. The largest absolute Gasteiger partial charge is 0.296 e. The van der Waals surface area contributed by atoms with Crippen molar-refractivity contribution in [2.45, 2.75) is 20.4 Å². The molecule has 3 aromatic rings. The van der Waals surface area contributed by atoms with Crippen LogP contribution >= 0.6 is 34.5 Å². The first kappa shape index (κ1) is 16.9. The standard InChI is InChI=1S/C15H13Cl2N5OS/c1-8-6-18-15(24-8)19-14(23)13-9(2)22(21-20-13)7-10-3-4-11(16)12(17)5-10/h3-6H,7H2,1-2H3,(H,18,19,23). The molecule has 0 radical (unpaired) electrons. The summed E-state index contributed by atoms with van der Waals surface area (Å²) in [6.45, 7) is 4.16. The summed E-state index contributed by atoms with van der Waals surface area (Å²) in [5, 5.41) is 12.3. The predicted octanol–water partition coefficient (Wildman–Crippen LogP) is 3.96. The van der Waals surface area contributed by atoms with Crippen molar-refractivity contribution in [3.8, 4) is 0 Å². The number of nitrogens with zero attached hydrogens (tertiary/aromatic N) is 4. The molecule has 0 aliphatic carbocycles. The minimum absolute atomic E-state index is 0.267. The van der Waals surface area contributed by atoms with Crippen LogP contribution in [0.2, 0.25) is 10.0 Å².